The minimum Gasteiger partial charge on any atom is -0.506 e. The van der Waals surface area contributed by atoms with Gasteiger partial charge < -0.3 is 5.11 Å². The van der Waals surface area contributed by atoms with Crippen molar-refractivity contribution in [2.75, 3.05) is 0 Å². The molecule has 0 amide bonds. The zero-order valence-electron chi connectivity index (χ0n) is 10.3. The van der Waals surface area contributed by atoms with Crippen molar-refractivity contribution < 1.29 is 10.0 Å². The maximum absolute atomic E-state index is 10.8. The summed E-state index contributed by atoms with van der Waals surface area (Å²) in [6.45, 7) is 1.88. The zero-order valence-corrected chi connectivity index (χ0v) is 10.3. The Bertz CT molecular complexity index is 651. The summed E-state index contributed by atoms with van der Waals surface area (Å²) in [4.78, 5) is 14.5. The number of para-hydroxylation sites is 1. The molecule has 96 valence electrons. The number of phenols is 1. The molecule has 5 nitrogen and oxygen atoms in total. The molecule has 1 N–H and O–H groups in total. The van der Waals surface area contributed by atoms with Gasteiger partial charge in [0.05, 0.1) is 10.5 Å². The van der Waals surface area contributed by atoms with Crippen molar-refractivity contribution in [1.29, 1.82) is 0 Å². The summed E-state index contributed by atoms with van der Waals surface area (Å²) in [6, 6.07) is 11.3. The summed E-state index contributed by atoms with van der Waals surface area (Å²) in [5, 5.41) is 20.5. The van der Waals surface area contributed by atoms with E-state index in [4.69, 9.17) is 0 Å². The van der Waals surface area contributed by atoms with Gasteiger partial charge in [-0.15, -0.1) is 0 Å². The Balaban J connectivity index is 2.38. The third kappa shape index (κ3) is 2.95. The molecule has 0 unspecified atom stereocenters. The summed E-state index contributed by atoms with van der Waals surface area (Å²) >= 11 is 0. The van der Waals surface area contributed by atoms with Crippen molar-refractivity contribution in [1.82, 2.24) is 0 Å². The monoisotopic (exact) mass is 256 g/mol. The van der Waals surface area contributed by atoms with Crippen LogP contribution >= 0.6 is 0 Å². The largest absolute Gasteiger partial charge is 0.506 e. The molecule has 2 aromatic rings. The van der Waals surface area contributed by atoms with Crippen molar-refractivity contribution in [2.24, 2.45) is 4.99 Å². The molecule has 19 heavy (non-hydrogen) atoms. The highest BCUT2D eigenvalue weighted by molar-refractivity contribution is 5.87. The van der Waals surface area contributed by atoms with Gasteiger partial charge in [-0.1, -0.05) is 18.2 Å². The van der Waals surface area contributed by atoms with Crippen LogP contribution in [0.1, 0.15) is 11.1 Å². The minimum absolute atomic E-state index is 0.0154. The zero-order chi connectivity index (χ0) is 13.8. The van der Waals surface area contributed by atoms with Crippen molar-refractivity contribution in [3.05, 3.63) is 63.7 Å². The maximum Gasteiger partial charge on any atom is 0.278 e. The number of phenolic OH excluding ortho intramolecular Hbond substituents is 1. The van der Waals surface area contributed by atoms with E-state index in [1.165, 1.54) is 12.3 Å². The number of aryl methyl sites for hydroxylation is 1. The van der Waals surface area contributed by atoms with Gasteiger partial charge in [0.15, 0.2) is 0 Å². The molecule has 0 fully saturated rings. The van der Waals surface area contributed by atoms with Crippen molar-refractivity contribution >= 4 is 17.6 Å². The maximum atomic E-state index is 10.8. The number of nitro groups is 1. The van der Waals surface area contributed by atoms with Gasteiger partial charge in [-0.3, -0.25) is 15.1 Å². The molecule has 0 heterocycles. The molecular formula is C14H12N2O3. The third-order valence-corrected chi connectivity index (χ3v) is 2.61. The molecule has 0 aliphatic heterocycles. The first-order valence-electron chi connectivity index (χ1n) is 5.65. The van der Waals surface area contributed by atoms with Crippen molar-refractivity contribution in [2.45, 2.75) is 6.92 Å². The molecule has 2 aromatic carbocycles. The summed E-state index contributed by atoms with van der Waals surface area (Å²) < 4.78 is 0. The molecule has 0 aromatic heterocycles. The van der Waals surface area contributed by atoms with Crippen LogP contribution in [0.4, 0.5) is 11.4 Å². The van der Waals surface area contributed by atoms with E-state index in [1.807, 2.05) is 6.92 Å². The molecule has 0 spiro atoms. The second-order valence-corrected chi connectivity index (χ2v) is 4.07. The van der Waals surface area contributed by atoms with Crippen LogP contribution in [0.5, 0.6) is 5.75 Å². The molecule has 5 heteroatoms. The van der Waals surface area contributed by atoms with E-state index in [1.54, 1.807) is 36.4 Å². The number of hydrogen-bond acceptors (Lipinski definition) is 4. The summed E-state index contributed by atoms with van der Waals surface area (Å²) in [5.41, 5.74) is 1.72. The third-order valence-electron chi connectivity index (χ3n) is 2.61. The Labute approximate surface area is 110 Å². The topological polar surface area (TPSA) is 75.7 Å². The van der Waals surface area contributed by atoms with E-state index >= 15 is 0 Å². The normalized spacial score (nSPS) is 10.8. The second-order valence-electron chi connectivity index (χ2n) is 4.07. The van der Waals surface area contributed by atoms with E-state index in [9.17, 15) is 15.2 Å². The first-order valence-corrected chi connectivity index (χ1v) is 5.65. The standard InChI is InChI=1S/C14H12N2O3/c1-10-6-7-14(17)12(8-10)15-9-11-4-2-3-5-13(11)16(18)19/h2-9,17H,1H3. The number of nitrogens with zero attached hydrogens (tertiary/aromatic N) is 2. The van der Waals surface area contributed by atoms with Crippen LogP contribution in [0.25, 0.3) is 0 Å². The predicted molar refractivity (Wildman–Crippen MR) is 73.2 cm³/mol. The first kappa shape index (κ1) is 12.8. The van der Waals surface area contributed by atoms with Gasteiger partial charge in [0, 0.05) is 12.3 Å². The van der Waals surface area contributed by atoms with Crippen LogP contribution in [-0.2, 0) is 0 Å². The fourth-order valence-corrected chi connectivity index (χ4v) is 1.64. The van der Waals surface area contributed by atoms with Crippen LogP contribution in [0.3, 0.4) is 0 Å². The highest BCUT2D eigenvalue weighted by atomic mass is 16.6. The predicted octanol–water partition coefficient (Wildman–Crippen LogP) is 3.36. The summed E-state index contributed by atoms with van der Waals surface area (Å²) in [6.07, 6.45) is 1.38. The van der Waals surface area contributed by atoms with E-state index < -0.39 is 4.92 Å². The van der Waals surface area contributed by atoms with Gasteiger partial charge in [0.2, 0.25) is 0 Å². The summed E-state index contributed by atoms with van der Waals surface area (Å²) in [5.74, 6) is 0.0421. The summed E-state index contributed by atoms with van der Waals surface area (Å²) in [7, 11) is 0. The van der Waals surface area contributed by atoms with E-state index in [-0.39, 0.29) is 11.4 Å². The highest BCUT2D eigenvalue weighted by Gasteiger charge is 2.10. The molecule has 0 saturated heterocycles. The number of benzene rings is 2. The fourth-order valence-electron chi connectivity index (χ4n) is 1.64. The lowest BCUT2D eigenvalue weighted by Crippen LogP contribution is -1.93. The number of aliphatic imine (C=N–C) groups is 1. The van der Waals surface area contributed by atoms with Gasteiger partial charge in [0.25, 0.3) is 5.69 Å². The molecule has 0 radical (unpaired) electrons. The van der Waals surface area contributed by atoms with Gasteiger partial charge >= 0.3 is 0 Å². The lowest BCUT2D eigenvalue weighted by Gasteiger charge is -2.00. The smallest absolute Gasteiger partial charge is 0.278 e. The average molecular weight is 256 g/mol. The Kier molecular flexibility index (Phi) is 3.56. The molecule has 0 bridgehead atoms. The molecule has 0 atom stereocenters. The quantitative estimate of drug-likeness (QED) is 0.519. The van der Waals surface area contributed by atoms with Crippen molar-refractivity contribution in [3.63, 3.8) is 0 Å². The number of aromatic hydroxyl groups is 1. The molecule has 0 aliphatic rings. The SMILES string of the molecule is Cc1ccc(O)c(N=Cc2ccccc2[N+](=O)[O-])c1. The first-order chi connectivity index (χ1) is 9.08. The molecular weight excluding hydrogens is 244 g/mol. The van der Waals surface area contributed by atoms with E-state index in [2.05, 4.69) is 4.99 Å². The number of rotatable bonds is 3. The molecule has 2 rings (SSSR count). The Morgan fingerprint density at radius 2 is 2.00 bits per heavy atom. The van der Waals surface area contributed by atoms with Gasteiger partial charge in [-0.25, -0.2) is 0 Å². The lowest BCUT2D eigenvalue weighted by molar-refractivity contribution is -0.385. The van der Waals surface area contributed by atoms with E-state index in [0.29, 0.717) is 11.3 Å². The van der Waals surface area contributed by atoms with Crippen LogP contribution < -0.4 is 0 Å². The minimum atomic E-state index is -0.461. The Morgan fingerprint density at radius 3 is 2.74 bits per heavy atom. The van der Waals surface area contributed by atoms with Gasteiger partial charge in [-0.2, -0.15) is 0 Å². The highest BCUT2D eigenvalue weighted by Crippen LogP contribution is 2.27. The molecule has 0 aliphatic carbocycles. The van der Waals surface area contributed by atoms with E-state index in [0.717, 1.165) is 5.56 Å². The van der Waals surface area contributed by atoms with Crippen molar-refractivity contribution in [3.8, 4) is 5.75 Å². The average Bonchev–Trinajstić information content (AvgIpc) is 2.40. The van der Waals surface area contributed by atoms with Crippen LogP contribution in [0, 0.1) is 17.0 Å². The number of hydrogen-bond donors (Lipinski definition) is 1. The van der Waals surface area contributed by atoms with Gasteiger partial charge in [-0.05, 0) is 30.7 Å². The van der Waals surface area contributed by atoms with Gasteiger partial charge in [0.1, 0.15) is 11.4 Å². The molecule has 0 saturated carbocycles. The number of nitro benzene ring substituents is 1. The Morgan fingerprint density at radius 1 is 1.26 bits per heavy atom. The van der Waals surface area contributed by atoms with Crippen LogP contribution in [-0.4, -0.2) is 16.2 Å². The lowest BCUT2D eigenvalue weighted by atomic mass is 10.2. The van der Waals surface area contributed by atoms with Crippen LogP contribution in [0.2, 0.25) is 0 Å². The Hall–Kier alpha value is -2.69. The second kappa shape index (κ2) is 5.30. The fraction of sp³-hybridized carbons (Fsp3) is 0.0714. The van der Waals surface area contributed by atoms with Crippen LogP contribution in [0.15, 0.2) is 47.5 Å².